The fourth-order valence-corrected chi connectivity index (χ4v) is 2.90. The predicted molar refractivity (Wildman–Crippen MR) is 79.9 cm³/mol. The van der Waals surface area contributed by atoms with Crippen LogP contribution in [-0.2, 0) is 6.54 Å². The molecule has 0 saturated carbocycles. The van der Waals surface area contributed by atoms with Crippen LogP contribution in [0.5, 0.6) is 0 Å². The van der Waals surface area contributed by atoms with E-state index >= 15 is 0 Å². The molecule has 2 heterocycles. The zero-order valence-electron chi connectivity index (χ0n) is 10.7. The van der Waals surface area contributed by atoms with Gasteiger partial charge in [0.2, 0.25) is 0 Å². The van der Waals surface area contributed by atoms with Crippen LogP contribution >= 0.6 is 11.3 Å². The number of aryl methyl sites for hydroxylation is 1. The summed E-state index contributed by atoms with van der Waals surface area (Å²) in [6.07, 6.45) is 5.59. The number of anilines is 1. The molecule has 0 aliphatic heterocycles. The Morgan fingerprint density at radius 2 is 2.11 bits per heavy atom. The van der Waals surface area contributed by atoms with Gasteiger partial charge in [0.05, 0.1) is 12.0 Å². The van der Waals surface area contributed by atoms with E-state index in [0.29, 0.717) is 0 Å². The first-order chi connectivity index (χ1) is 9.33. The molecule has 0 fully saturated rings. The third kappa shape index (κ3) is 2.69. The van der Waals surface area contributed by atoms with E-state index in [1.54, 1.807) is 17.5 Å². The Kier molecular flexibility index (Phi) is 3.33. The van der Waals surface area contributed by atoms with Gasteiger partial charge < -0.3 is 5.32 Å². The summed E-state index contributed by atoms with van der Waals surface area (Å²) < 4.78 is 2.03. The van der Waals surface area contributed by atoms with Crippen molar-refractivity contribution in [1.82, 2.24) is 9.55 Å². The summed E-state index contributed by atoms with van der Waals surface area (Å²) in [5.74, 6) is 0. The zero-order valence-corrected chi connectivity index (χ0v) is 11.5. The Bertz CT molecular complexity index is 641. The van der Waals surface area contributed by atoms with Crippen LogP contribution in [-0.4, -0.2) is 9.55 Å². The van der Waals surface area contributed by atoms with E-state index in [-0.39, 0.29) is 0 Å². The molecule has 0 aliphatic carbocycles. The summed E-state index contributed by atoms with van der Waals surface area (Å²) >= 11 is 1.77. The number of nitrogens with zero attached hydrogens (tertiary/aromatic N) is 2. The lowest BCUT2D eigenvalue weighted by molar-refractivity contribution is 1.08. The second-order valence-corrected chi connectivity index (χ2v) is 5.60. The van der Waals surface area contributed by atoms with Crippen LogP contribution in [0, 0.1) is 6.92 Å². The summed E-state index contributed by atoms with van der Waals surface area (Å²) in [5, 5.41) is 4.67. The van der Waals surface area contributed by atoms with Gasteiger partial charge in [0, 0.05) is 23.8 Å². The van der Waals surface area contributed by atoms with Crippen molar-refractivity contribution in [3.05, 3.63) is 65.6 Å². The maximum absolute atomic E-state index is 4.08. The van der Waals surface area contributed by atoms with Crippen LogP contribution in [0.4, 0.5) is 5.69 Å². The molecule has 4 heteroatoms. The molecule has 0 spiro atoms. The van der Waals surface area contributed by atoms with Crippen molar-refractivity contribution in [2.45, 2.75) is 13.5 Å². The highest BCUT2D eigenvalue weighted by Gasteiger charge is 2.06. The van der Waals surface area contributed by atoms with Crippen LogP contribution in [0.25, 0.3) is 5.00 Å². The smallest absolute Gasteiger partial charge is 0.103 e. The van der Waals surface area contributed by atoms with Gasteiger partial charge in [-0.1, -0.05) is 30.3 Å². The molecule has 2 aromatic heterocycles. The van der Waals surface area contributed by atoms with Gasteiger partial charge in [-0.15, -0.1) is 11.3 Å². The minimum Gasteiger partial charge on any atom is -0.380 e. The zero-order chi connectivity index (χ0) is 13.1. The first-order valence-electron chi connectivity index (χ1n) is 6.19. The van der Waals surface area contributed by atoms with Crippen molar-refractivity contribution in [3.8, 4) is 5.00 Å². The monoisotopic (exact) mass is 269 g/mol. The molecule has 96 valence electrons. The van der Waals surface area contributed by atoms with Gasteiger partial charge in [0.15, 0.2) is 0 Å². The molecule has 3 aromatic rings. The SMILES string of the molecule is Cc1sc(-n2ccnc2)cc1NCc1ccccc1. The molecule has 3 nitrogen and oxygen atoms in total. The quantitative estimate of drug-likeness (QED) is 0.779. The Balaban J connectivity index is 1.75. The van der Waals surface area contributed by atoms with Crippen LogP contribution < -0.4 is 5.32 Å². The number of benzene rings is 1. The van der Waals surface area contributed by atoms with E-state index in [2.05, 4.69) is 47.6 Å². The van der Waals surface area contributed by atoms with Gasteiger partial charge >= 0.3 is 0 Å². The third-order valence-corrected chi connectivity index (χ3v) is 4.05. The van der Waals surface area contributed by atoms with Crippen molar-refractivity contribution >= 4 is 17.0 Å². The molecule has 0 atom stereocenters. The molecule has 1 N–H and O–H groups in total. The lowest BCUT2D eigenvalue weighted by Gasteiger charge is -2.05. The molecule has 0 bridgehead atoms. The number of aromatic nitrogens is 2. The molecule has 0 aliphatic rings. The number of thiophene rings is 1. The van der Waals surface area contributed by atoms with E-state index in [1.165, 1.54) is 21.1 Å². The second-order valence-electron chi connectivity index (χ2n) is 4.36. The topological polar surface area (TPSA) is 29.9 Å². The Morgan fingerprint density at radius 1 is 1.26 bits per heavy atom. The van der Waals surface area contributed by atoms with E-state index in [0.717, 1.165) is 6.54 Å². The molecule has 0 saturated heterocycles. The number of hydrogen-bond acceptors (Lipinski definition) is 3. The number of nitrogens with one attached hydrogen (secondary N) is 1. The maximum Gasteiger partial charge on any atom is 0.103 e. The number of hydrogen-bond donors (Lipinski definition) is 1. The molecule has 0 unspecified atom stereocenters. The van der Waals surface area contributed by atoms with Crippen molar-refractivity contribution in [2.24, 2.45) is 0 Å². The number of imidazole rings is 1. The largest absolute Gasteiger partial charge is 0.380 e. The summed E-state index contributed by atoms with van der Waals surface area (Å²) in [7, 11) is 0. The third-order valence-electron chi connectivity index (χ3n) is 2.99. The van der Waals surface area contributed by atoms with Gasteiger partial charge in [0.1, 0.15) is 5.00 Å². The van der Waals surface area contributed by atoms with Crippen LogP contribution in [0.2, 0.25) is 0 Å². The second kappa shape index (κ2) is 5.28. The van der Waals surface area contributed by atoms with Crippen LogP contribution in [0.1, 0.15) is 10.4 Å². The normalized spacial score (nSPS) is 10.6. The molecule has 19 heavy (non-hydrogen) atoms. The highest BCUT2D eigenvalue weighted by Crippen LogP contribution is 2.29. The lowest BCUT2D eigenvalue weighted by Crippen LogP contribution is -1.98. The molecule has 0 radical (unpaired) electrons. The number of rotatable bonds is 4. The van der Waals surface area contributed by atoms with Gasteiger partial charge in [0.25, 0.3) is 0 Å². The van der Waals surface area contributed by atoms with E-state index in [9.17, 15) is 0 Å². The molecular formula is C15H15N3S. The van der Waals surface area contributed by atoms with Crippen molar-refractivity contribution < 1.29 is 0 Å². The van der Waals surface area contributed by atoms with Gasteiger partial charge in [-0.3, -0.25) is 4.57 Å². The summed E-state index contributed by atoms with van der Waals surface area (Å²) in [5.41, 5.74) is 2.48. The molecular weight excluding hydrogens is 254 g/mol. The van der Waals surface area contributed by atoms with E-state index in [4.69, 9.17) is 0 Å². The Labute approximate surface area is 116 Å². The minimum atomic E-state index is 0.849. The van der Waals surface area contributed by atoms with Crippen molar-refractivity contribution in [3.63, 3.8) is 0 Å². The summed E-state index contributed by atoms with van der Waals surface area (Å²) in [6, 6.07) is 12.6. The fraction of sp³-hybridized carbons (Fsp3) is 0.133. The Morgan fingerprint density at radius 3 is 2.84 bits per heavy atom. The van der Waals surface area contributed by atoms with Crippen LogP contribution in [0.15, 0.2) is 55.1 Å². The predicted octanol–water partition coefficient (Wildman–Crippen LogP) is 3.85. The average Bonchev–Trinajstić information content (AvgIpc) is 3.07. The molecule has 0 amide bonds. The lowest BCUT2D eigenvalue weighted by atomic mass is 10.2. The first kappa shape index (κ1) is 12.0. The highest BCUT2D eigenvalue weighted by molar-refractivity contribution is 7.15. The Hall–Kier alpha value is -2.07. The van der Waals surface area contributed by atoms with Gasteiger partial charge in [-0.05, 0) is 18.6 Å². The minimum absolute atomic E-state index is 0.849. The average molecular weight is 269 g/mol. The summed E-state index contributed by atoms with van der Waals surface area (Å²) in [6.45, 7) is 2.99. The first-order valence-corrected chi connectivity index (χ1v) is 7.01. The van der Waals surface area contributed by atoms with E-state index < -0.39 is 0 Å². The van der Waals surface area contributed by atoms with Crippen LogP contribution in [0.3, 0.4) is 0 Å². The van der Waals surface area contributed by atoms with Crippen molar-refractivity contribution in [1.29, 1.82) is 0 Å². The highest BCUT2D eigenvalue weighted by atomic mass is 32.1. The maximum atomic E-state index is 4.08. The molecule has 3 rings (SSSR count). The fourth-order valence-electron chi connectivity index (χ4n) is 1.95. The van der Waals surface area contributed by atoms with Crippen molar-refractivity contribution in [2.75, 3.05) is 5.32 Å². The summed E-state index contributed by atoms with van der Waals surface area (Å²) in [4.78, 5) is 5.37. The molecule has 1 aromatic carbocycles. The van der Waals surface area contributed by atoms with Gasteiger partial charge in [-0.25, -0.2) is 4.98 Å². The standard InChI is InChI=1S/C15H15N3S/c1-12-14(17-10-13-5-3-2-4-6-13)9-15(19-12)18-8-7-16-11-18/h2-9,11,17H,10H2,1H3. The van der Waals surface area contributed by atoms with E-state index in [1.807, 2.05) is 23.2 Å². The van der Waals surface area contributed by atoms with Gasteiger partial charge in [-0.2, -0.15) is 0 Å².